The predicted molar refractivity (Wildman–Crippen MR) is 92.0 cm³/mol. The van der Waals surface area contributed by atoms with Crippen LogP contribution in [0.15, 0.2) is 11.6 Å². The molecule has 1 N–H and O–H groups in total. The van der Waals surface area contributed by atoms with Crippen LogP contribution in [0.5, 0.6) is 0 Å². The molecule has 23 heavy (non-hydrogen) atoms. The summed E-state index contributed by atoms with van der Waals surface area (Å²) in [7, 11) is 0. The van der Waals surface area contributed by atoms with Crippen molar-refractivity contribution in [3.05, 3.63) is 11.6 Å². The van der Waals surface area contributed by atoms with E-state index in [-0.39, 0.29) is 16.2 Å². The van der Waals surface area contributed by atoms with Crippen LogP contribution in [0.3, 0.4) is 0 Å². The van der Waals surface area contributed by atoms with Gasteiger partial charge in [-0.3, -0.25) is 4.79 Å². The van der Waals surface area contributed by atoms with Crippen LogP contribution in [0.25, 0.3) is 0 Å². The van der Waals surface area contributed by atoms with Gasteiger partial charge in [0.1, 0.15) is 5.78 Å². The van der Waals surface area contributed by atoms with Crippen LogP contribution in [-0.4, -0.2) is 16.5 Å². The standard InChI is InChI=1S/C21H32O2/c1-18(23)11-12-19(2)14(13-18)7-9-20(3)15-5-6-17(22)21(15,4)10-8-16(19)20/h8,14-15,23H,5-7,9-13H2,1-4H3/t14-,15-,18+,19-,20-,21-/m0/s1. The van der Waals surface area contributed by atoms with E-state index in [4.69, 9.17) is 0 Å². The van der Waals surface area contributed by atoms with E-state index < -0.39 is 5.60 Å². The Morgan fingerprint density at radius 2 is 1.74 bits per heavy atom. The van der Waals surface area contributed by atoms with Crippen LogP contribution in [0.2, 0.25) is 0 Å². The minimum atomic E-state index is -0.481. The van der Waals surface area contributed by atoms with E-state index in [1.807, 2.05) is 6.92 Å². The lowest BCUT2D eigenvalue weighted by atomic mass is 9.43. The zero-order valence-electron chi connectivity index (χ0n) is 15.2. The SMILES string of the molecule is C[C@@]1(O)CC[C@]2(C)C3=CC[C@]4(C)C(=O)CC[C@H]4[C@]3(C)CC[C@H]2C1. The van der Waals surface area contributed by atoms with Crippen molar-refractivity contribution in [3.8, 4) is 0 Å². The number of allylic oxidation sites excluding steroid dienone is 2. The Bertz CT molecular complexity index is 589. The topological polar surface area (TPSA) is 37.3 Å². The van der Waals surface area contributed by atoms with E-state index in [1.54, 1.807) is 5.57 Å². The molecule has 128 valence electrons. The molecule has 0 heterocycles. The molecular weight excluding hydrogens is 284 g/mol. The van der Waals surface area contributed by atoms with Crippen molar-refractivity contribution in [2.75, 3.05) is 0 Å². The third-order valence-electron chi connectivity index (χ3n) is 8.58. The van der Waals surface area contributed by atoms with E-state index >= 15 is 0 Å². The number of carbonyl (C=O) groups excluding carboxylic acids is 1. The van der Waals surface area contributed by atoms with Crippen LogP contribution >= 0.6 is 0 Å². The predicted octanol–water partition coefficient (Wildman–Crippen LogP) is 4.66. The largest absolute Gasteiger partial charge is 0.390 e. The van der Waals surface area contributed by atoms with Gasteiger partial charge in [0.2, 0.25) is 0 Å². The summed E-state index contributed by atoms with van der Waals surface area (Å²) in [6.07, 6.45) is 10.6. The molecule has 0 aromatic heterocycles. The molecule has 0 spiro atoms. The lowest BCUT2D eigenvalue weighted by molar-refractivity contribution is -0.130. The Morgan fingerprint density at radius 3 is 2.48 bits per heavy atom. The second kappa shape index (κ2) is 4.50. The van der Waals surface area contributed by atoms with Gasteiger partial charge in [-0.15, -0.1) is 0 Å². The molecule has 2 heteroatoms. The van der Waals surface area contributed by atoms with Crippen molar-refractivity contribution in [2.24, 2.45) is 28.1 Å². The molecule has 0 radical (unpaired) electrons. The van der Waals surface area contributed by atoms with Gasteiger partial charge in [-0.25, -0.2) is 0 Å². The molecule has 0 saturated heterocycles. The highest BCUT2D eigenvalue weighted by molar-refractivity contribution is 5.87. The fourth-order valence-electron chi connectivity index (χ4n) is 7.12. The molecule has 4 rings (SSSR count). The first-order valence-electron chi connectivity index (χ1n) is 9.59. The monoisotopic (exact) mass is 316 g/mol. The van der Waals surface area contributed by atoms with E-state index in [1.165, 1.54) is 12.8 Å². The summed E-state index contributed by atoms with van der Waals surface area (Å²) in [6.45, 7) is 9.15. The van der Waals surface area contributed by atoms with Gasteiger partial charge in [0.25, 0.3) is 0 Å². The van der Waals surface area contributed by atoms with Crippen molar-refractivity contribution >= 4 is 5.78 Å². The van der Waals surface area contributed by atoms with Crippen molar-refractivity contribution in [2.45, 2.75) is 84.7 Å². The van der Waals surface area contributed by atoms with Gasteiger partial charge in [-0.1, -0.05) is 32.4 Å². The average Bonchev–Trinajstić information content (AvgIpc) is 2.77. The summed E-state index contributed by atoms with van der Waals surface area (Å²) in [6, 6.07) is 0. The molecular formula is C21H32O2. The number of hydrogen-bond acceptors (Lipinski definition) is 2. The minimum Gasteiger partial charge on any atom is -0.390 e. The fraction of sp³-hybridized carbons (Fsp3) is 0.857. The molecule has 0 aliphatic heterocycles. The molecule has 0 unspecified atom stereocenters. The molecule has 3 fully saturated rings. The molecule has 2 nitrogen and oxygen atoms in total. The maximum Gasteiger partial charge on any atom is 0.139 e. The average molecular weight is 316 g/mol. The van der Waals surface area contributed by atoms with Crippen LogP contribution in [0, 0.1) is 28.1 Å². The van der Waals surface area contributed by atoms with E-state index in [9.17, 15) is 9.90 Å². The Kier molecular flexibility index (Phi) is 3.11. The van der Waals surface area contributed by atoms with Crippen molar-refractivity contribution in [1.29, 1.82) is 0 Å². The zero-order chi connectivity index (χ0) is 16.7. The van der Waals surface area contributed by atoms with Crippen molar-refractivity contribution in [1.82, 2.24) is 0 Å². The maximum absolute atomic E-state index is 12.5. The van der Waals surface area contributed by atoms with Gasteiger partial charge in [-0.2, -0.15) is 0 Å². The number of aliphatic hydroxyl groups is 1. The molecule has 0 aromatic carbocycles. The number of Topliss-reactive ketones (excluding diaryl/α,β-unsaturated/α-hetero) is 1. The third-order valence-corrected chi connectivity index (χ3v) is 8.58. The molecule has 0 amide bonds. The van der Waals surface area contributed by atoms with Crippen LogP contribution < -0.4 is 0 Å². The van der Waals surface area contributed by atoms with Crippen LogP contribution in [-0.2, 0) is 4.79 Å². The number of carbonyl (C=O) groups is 1. The molecule has 0 bridgehead atoms. The van der Waals surface area contributed by atoms with Gasteiger partial charge in [-0.05, 0) is 74.5 Å². The van der Waals surface area contributed by atoms with E-state index in [0.29, 0.717) is 17.6 Å². The van der Waals surface area contributed by atoms with Gasteiger partial charge in [0.05, 0.1) is 5.60 Å². The van der Waals surface area contributed by atoms with Gasteiger partial charge in [0.15, 0.2) is 0 Å². The normalized spacial score (nSPS) is 55.7. The third kappa shape index (κ3) is 1.94. The zero-order valence-corrected chi connectivity index (χ0v) is 15.2. The highest BCUT2D eigenvalue weighted by Crippen LogP contribution is 2.69. The van der Waals surface area contributed by atoms with Crippen molar-refractivity contribution in [3.63, 3.8) is 0 Å². The summed E-state index contributed by atoms with van der Waals surface area (Å²) in [5, 5.41) is 10.5. The summed E-state index contributed by atoms with van der Waals surface area (Å²) >= 11 is 0. The smallest absolute Gasteiger partial charge is 0.139 e. The molecule has 0 aromatic rings. The molecule has 4 aliphatic rings. The quantitative estimate of drug-likeness (QED) is 0.660. The first-order valence-corrected chi connectivity index (χ1v) is 9.59. The van der Waals surface area contributed by atoms with Crippen LogP contribution in [0.4, 0.5) is 0 Å². The van der Waals surface area contributed by atoms with E-state index in [0.717, 1.165) is 38.5 Å². The van der Waals surface area contributed by atoms with Gasteiger partial charge < -0.3 is 5.11 Å². The summed E-state index contributed by atoms with van der Waals surface area (Å²) in [4.78, 5) is 12.5. The highest BCUT2D eigenvalue weighted by atomic mass is 16.3. The second-order valence-electron chi connectivity index (χ2n) is 10.0. The minimum absolute atomic E-state index is 0.110. The van der Waals surface area contributed by atoms with Crippen LogP contribution in [0.1, 0.15) is 79.1 Å². The Hall–Kier alpha value is -0.630. The number of fused-ring (bicyclic) bond motifs is 5. The Morgan fingerprint density at radius 1 is 1.00 bits per heavy atom. The molecule has 4 aliphatic carbocycles. The summed E-state index contributed by atoms with van der Waals surface area (Å²) in [5.74, 6) is 1.63. The molecule has 6 atom stereocenters. The maximum atomic E-state index is 12.5. The Balaban J connectivity index is 1.76. The lowest BCUT2D eigenvalue weighted by Crippen LogP contribution is -2.54. The fourth-order valence-corrected chi connectivity index (χ4v) is 7.12. The number of ketones is 1. The number of hydrogen-bond donors (Lipinski definition) is 1. The van der Waals surface area contributed by atoms with Crippen molar-refractivity contribution < 1.29 is 9.90 Å². The lowest BCUT2D eigenvalue weighted by Gasteiger charge is -2.61. The Labute approximate surface area is 140 Å². The first kappa shape index (κ1) is 15.9. The van der Waals surface area contributed by atoms with Gasteiger partial charge in [0, 0.05) is 11.8 Å². The highest BCUT2D eigenvalue weighted by Gasteiger charge is 2.62. The summed E-state index contributed by atoms with van der Waals surface area (Å²) < 4.78 is 0. The van der Waals surface area contributed by atoms with E-state index in [2.05, 4.69) is 26.8 Å². The van der Waals surface area contributed by atoms with Gasteiger partial charge >= 0.3 is 0 Å². The number of rotatable bonds is 0. The molecule has 3 saturated carbocycles. The first-order chi connectivity index (χ1) is 10.6. The summed E-state index contributed by atoms with van der Waals surface area (Å²) in [5.41, 5.74) is 1.50. The second-order valence-corrected chi connectivity index (χ2v) is 10.0.